The second kappa shape index (κ2) is 10.8. The van der Waals surface area contributed by atoms with Gasteiger partial charge in [0.15, 0.2) is 11.4 Å². The van der Waals surface area contributed by atoms with E-state index in [2.05, 4.69) is 15.4 Å². The smallest absolute Gasteiger partial charge is 0.433 e. The third kappa shape index (κ3) is 6.67. The van der Waals surface area contributed by atoms with Crippen LogP contribution in [0, 0.1) is 11.3 Å². The van der Waals surface area contributed by atoms with Crippen LogP contribution in [0.2, 0.25) is 0 Å². The Bertz CT molecular complexity index is 1360. The number of alkyl halides is 8. The van der Waals surface area contributed by atoms with Crippen molar-refractivity contribution in [2.45, 2.75) is 62.6 Å². The van der Waals surface area contributed by atoms with Crippen molar-refractivity contribution in [3.05, 3.63) is 41.6 Å². The third-order valence-electron chi connectivity index (χ3n) is 6.92. The first kappa shape index (κ1) is 30.0. The number of hydrogen-bond donors (Lipinski definition) is 4. The number of nitrogens with zero attached hydrogens (tertiary/aromatic N) is 4. The number of carbonyl (C=O) groups is 2. The number of urea groups is 1. The van der Waals surface area contributed by atoms with Gasteiger partial charge in [-0.25, -0.2) is 23.1 Å². The molecule has 2 aromatic rings. The molecule has 3 amide bonds. The average Bonchev–Trinajstić information content (AvgIpc) is 3.45. The number of aliphatic hydroxyl groups is 1. The van der Waals surface area contributed by atoms with Crippen LogP contribution in [0.25, 0.3) is 5.65 Å². The summed E-state index contributed by atoms with van der Waals surface area (Å²) >= 11 is 0. The van der Waals surface area contributed by atoms with E-state index < -0.39 is 78.9 Å². The summed E-state index contributed by atoms with van der Waals surface area (Å²) < 4.78 is 107. The van der Waals surface area contributed by atoms with Gasteiger partial charge in [-0.05, 0) is 30.4 Å². The highest BCUT2D eigenvalue weighted by molar-refractivity contribution is 6.22. The Morgan fingerprint density at radius 2 is 1.90 bits per heavy atom. The fourth-order valence-corrected chi connectivity index (χ4v) is 4.74. The zero-order valence-electron chi connectivity index (χ0n) is 20.9. The largest absolute Gasteiger partial charge is 0.515 e. The van der Waals surface area contributed by atoms with Crippen molar-refractivity contribution in [1.82, 2.24) is 30.1 Å². The number of carbonyl (C=O) groups excluding carboxylic acids is 2. The molecule has 10 nitrogen and oxygen atoms in total. The molecule has 2 aromatic heterocycles. The number of nitrogens with one attached hydrogen (secondary N) is 3. The summed E-state index contributed by atoms with van der Waals surface area (Å²) in [5, 5.41) is 24.6. The predicted octanol–water partition coefficient (Wildman–Crippen LogP) is 4.19. The SMILES string of the molecule is N=C(/C(=C\O)C(=O)N[C@H](c1cn2ncc(CN3C[C@@H](C(F)(F)F)NC3=O)cc2n1)C1CCC(F)(F)CC1)C(F)(F)F. The number of fused-ring (bicyclic) bond motifs is 1. The first-order valence-electron chi connectivity index (χ1n) is 12.1. The molecule has 0 radical (unpaired) electrons. The van der Waals surface area contributed by atoms with E-state index in [1.807, 2.05) is 5.32 Å². The molecule has 2 fully saturated rings. The number of aliphatic hydroxyl groups excluding tert-OH is 1. The minimum absolute atomic E-state index is 0.0186. The molecule has 41 heavy (non-hydrogen) atoms. The molecule has 0 bridgehead atoms. The van der Waals surface area contributed by atoms with Crippen molar-refractivity contribution in [2.24, 2.45) is 5.92 Å². The van der Waals surface area contributed by atoms with Crippen LogP contribution in [0.4, 0.5) is 39.9 Å². The number of imidazole rings is 1. The van der Waals surface area contributed by atoms with Crippen LogP contribution in [-0.2, 0) is 11.3 Å². The van der Waals surface area contributed by atoms with E-state index in [1.165, 1.54) is 23.0 Å². The molecule has 0 aromatic carbocycles. The molecule has 18 heteroatoms. The molecule has 2 aliphatic rings. The summed E-state index contributed by atoms with van der Waals surface area (Å²) in [7, 11) is 0. The Labute approximate surface area is 225 Å². The fraction of sp³-hybridized carbons (Fsp3) is 0.522. The molecule has 224 valence electrons. The first-order chi connectivity index (χ1) is 19.0. The molecular formula is C23H23F8N7O3. The maximum Gasteiger partial charge on any atom is 0.433 e. The third-order valence-corrected chi connectivity index (χ3v) is 6.92. The minimum Gasteiger partial charge on any atom is -0.515 e. The second-order valence-corrected chi connectivity index (χ2v) is 9.82. The quantitative estimate of drug-likeness (QED) is 0.164. The Morgan fingerprint density at radius 1 is 1.24 bits per heavy atom. The van der Waals surface area contributed by atoms with Crippen molar-refractivity contribution in [2.75, 3.05) is 6.54 Å². The lowest BCUT2D eigenvalue weighted by molar-refractivity contribution is -0.149. The van der Waals surface area contributed by atoms with Crippen molar-refractivity contribution in [3.63, 3.8) is 0 Å². The van der Waals surface area contributed by atoms with Gasteiger partial charge in [0, 0.05) is 19.4 Å². The van der Waals surface area contributed by atoms with Crippen molar-refractivity contribution in [1.29, 1.82) is 5.41 Å². The Balaban J connectivity index is 1.60. The molecule has 4 rings (SSSR count). The van der Waals surface area contributed by atoms with Gasteiger partial charge in [0.2, 0.25) is 5.92 Å². The molecule has 0 spiro atoms. The monoisotopic (exact) mass is 597 g/mol. The lowest BCUT2D eigenvalue weighted by Gasteiger charge is -2.33. The van der Waals surface area contributed by atoms with Crippen LogP contribution in [0.1, 0.15) is 43.0 Å². The number of amides is 3. The summed E-state index contributed by atoms with van der Waals surface area (Å²) in [6.07, 6.45) is -8.92. The summed E-state index contributed by atoms with van der Waals surface area (Å²) in [4.78, 5) is 29.9. The van der Waals surface area contributed by atoms with Crippen LogP contribution in [0.5, 0.6) is 0 Å². The van der Waals surface area contributed by atoms with E-state index in [-0.39, 0.29) is 42.6 Å². The highest BCUT2D eigenvalue weighted by atomic mass is 19.4. The molecule has 1 aliphatic carbocycles. The van der Waals surface area contributed by atoms with Crippen LogP contribution in [0.3, 0.4) is 0 Å². The molecule has 1 saturated carbocycles. The van der Waals surface area contributed by atoms with E-state index in [0.29, 0.717) is 0 Å². The maximum absolute atomic E-state index is 13.8. The molecule has 1 saturated heterocycles. The fourth-order valence-electron chi connectivity index (χ4n) is 4.74. The Hall–Kier alpha value is -3.99. The van der Waals surface area contributed by atoms with E-state index in [1.54, 1.807) is 0 Å². The maximum atomic E-state index is 13.8. The van der Waals surface area contributed by atoms with Crippen LogP contribution in [0.15, 0.2) is 30.3 Å². The van der Waals surface area contributed by atoms with E-state index in [4.69, 9.17) is 5.41 Å². The average molecular weight is 597 g/mol. The van der Waals surface area contributed by atoms with Gasteiger partial charge in [-0.3, -0.25) is 10.2 Å². The van der Waals surface area contributed by atoms with Gasteiger partial charge in [-0.15, -0.1) is 0 Å². The highest BCUT2D eigenvalue weighted by Gasteiger charge is 2.47. The molecular weight excluding hydrogens is 574 g/mol. The molecule has 0 unspecified atom stereocenters. The van der Waals surface area contributed by atoms with Crippen molar-refractivity contribution in [3.8, 4) is 0 Å². The molecule has 1 aliphatic heterocycles. The summed E-state index contributed by atoms with van der Waals surface area (Å²) in [6, 6.07) is -2.83. The van der Waals surface area contributed by atoms with E-state index in [9.17, 15) is 49.8 Å². The Morgan fingerprint density at radius 3 is 2.46 bits per heavy atom. The second-order valence-electron chi connectivity index (χ2n) is 9.82. The zero-order valence-corrected chi connectivity index (χ0v) is 20.9. The predicted molar refractivity (Wildman–Crippen MR) is 124 cm³/mol. The summed E-state index contributed by atoms with van der Waals surface area (Å²) in [5.74, 6) is -5.17. The van der Waals surface area contributed by atoms with Crippen LogP contribution < -0.4 is 10.6 Å². The van der Waals surface area contributed by atoms with Gasteiger partial charge in [0.05, 0.1) is 36.9 Å². The first-order valence-corrected chi connectivity index (χ1v) is 12.1. The standard InChI is InChI=1S/C23H23F8N7O3/c24-21(25)3-1-12(2-4-21)17(36-19(40)13(10-39)18(32)23(29,30)31)14-8-38-16(34-14)5-11(6-33-38)7-37-9-15(22(26,27)28)35-20(37)41/h5-6,8,10,12,15,17,32,39H,1-4,7,9H2,(H,35,41)(H,36,40)/b13-10+,32-18?/t15-,17-/m0/s1. The van der Waals surface area contributed by atoms with Crippen LogP contribution >= 0.6 is 0 Å². The lowest BCUT2D eigenvalue weighted by Crippen LogP contribution is -2.40. The molecule has 2 atom stereocenters. The van der Waals surface area contributed by atoms with Gasteiger partial charge >= 0.3 is 18.4 Å². The van der Waals surface area contributed by atoms with Crippen molar-refractivity contribution >= 4 is 23.3 Å². The number of hydrogen-bond acceptors (Lipinski definition) is 6. The van der Waals surface area contributed by atoms with E-state index >= 15 is 0 Å². The zero-order chi connectivity index (χ0) is 30.3. The number of halogens is 8. The molecule has 3 heterocycles. The van der Waals surface area contributed by atoms with Gasteiger partial charge < -0.3 is 20.6 Å². The summed E-state index contributed by atoms with van der Waals surface area (Å²) in [6.45, 7) is -0.895. The highest BCUT2D eigenvalue weighted by Crippen LogP contribution is 2.41. The van der Waals surface area contributed by atoms with Gasteiger partial charge in [-0.1, -0.05) is 0 Å². The van der Waals surface area contributed by atoms with Crippen LogP contribution in [-0.4, -0.2) is 73.1 Å². The van der Waals surface area contributed by atoms with Gasteiger partial charge in [0.25, 0.3) is 5.91 Å². The van der Waals surface area contributed by atoms with E-state index in [0.717, 1.165) is 4.90 Å². The number of aromatic nitrogens is 3. The van der Waals surface area contributed by atoms with Gasteiger partial charge in [-0.2, -0.15) is 31.4 Å². The summed E-state index contributed by atoms with van der Waals surface area (Å²) in [5.41, 5.74) is -3.12. The van der Waals surface area contributed by atoms with Gasteiger partial charge in [0.1, 0.15) is 11.6 Å². The van der Waals surface area contributed by atoms with Crippen molar-refractivity contribution < 1.29 is 49.8 Å². The molecule has 4 N–H and O–H groups in total. The normalized spacial score (nSPS) is 21.2. The Kier molecular flexibility index (Phi) is 7.88. The lowest BCUT2D eigenvalue weighted by atomic mass is 9.81. The minimum atomic E-state index is -5.26. The topological polar surface area (TPSA) is 136 Å². The number of rotatable bonds is 7.